The highest BCUT2D eigenvalue weighted by Crippen LogP contribution is 2.27. The average Bonchev–Trinajstić information content (AvgIpc) is 3.27. The Bertz CT molecular complexity index is 441. The van der Waals surface area contributed by atoms with Gasteiger partial charge in [-0.3, -0.25) is 9.78 Å². The molecule has 1 aliphatic carbocycles. The first-order valence-electron chi connectivity index (χ1n) is 7.08. The number of aliphatic hydroxyl groups is 1. The van der Waals surface area contributed by atoms with Gasteiger partial charge in [-0.1, -0.05) is 13.8 Å². The molecule has 2 rings (SSSR count). The van der Waals surface area contributed by atoms with Crippen molar-refractivity contribution in [3.63, 3.8) is 0 Å². The molecule has 1 aromatic heterocycles. The summed E-state index contributed by atoms with van der Waals surface area (Å²) < 4.78 is 5.47. The fourth-order valence-electron chi connectivity index (χ4n) is 2.05. The summed E-state index contributed by atoms with van der Waals surface area (Å²) in [5.41, 5.74) is 0.586. The van der Waals surface area contributed by atoms with E-state index in [-0.39, 0.29) is 19.1 Å². The number of pyridine rings is 1. The zero-order valence-electron chi connectivity index (χ0n) is 12.1. The van der Waals surface area contributed by atoms with Gasteiger partial charge in [0.25, 0.3) is 5.91 Å². The molecule has 1 fully saturated rings. The predicted octanol–water partition coefficient (Wildman–Crippen LogP) is 1.60. The lowest BCUT2D eigenvalue weighted by Gasteiger charge is -2.24. The largest absolute Gasteiger partial charge is 0.482 e. The average molecular weight is 278 g/mol. The molecule has 1 heterocycles. The van der Waals surface area contributed by atoms with Gasteiger partial charge in [0.05, 0.1) is 18.5 Å². The molecule has 110 valence electrons. The number of nitrogens with zero attached hydrogens (tertiary/aromatic N) is 2. The van der Waals surface area contributed by atoms with Crippen LogP contribution in [0.15, 0.2) is 18.3 Å². The molecule has 1 saturated carbocycles. The van der Waals surface area contributed by atoms with Crippen molar-refractivity contribution >= 4 is 5.91 Å². The lowest BCUT2D eigenvalue weighted by atomic mass is 10.2. The van der Waals surface area contributed by atoms with Gasteiger partial charge in [-0.2, -0.15) is 0 Å². The standard InChI is InChI=1S/C15H22N2O3/c1-11(2)8-17(13-4-5-13)15(19)10-20-14-6-3-12(9-18)16-7-14/h3,6-7,11,13,18H,4-5,8-10H2,1-2H3. The van der Waals surface area contributed by atoms with Gasteiger partial charge < -0.3 is 14.7 Å². The minimum atomic E-state index is -0.0942. The van der Waals surface area contributed by atoms with Crippen molar-refractivity contribution in [2.45, 2.75) is 39.3 Å². The summed E-state index contributed by atoms with van der Waals surface area (Å²) in [6.45, 7) is 4.96. The second-order valence-electron chi connectivity index (χ2n) is 5.60. The predicted molar refractivity (Wildman–Crippen MR) is 75.2 cm³/mol. The normalized spacial score (nSPS) is 14.4. The lowest BCUT2D eigenvalue weighted by Crippen LogP contribution is -2.39. The molecule has 1 N–H and O–H groups in total. The van der Waals surface area contributed by atoms with Gasteiger partial charge in [-0.15, -0.1) is 0 Å². The second-order valence-corrected chi connectivity index (χ2v) is 5.60. The van der Waals surface area contributed by atoms with E-state index in [1.165, 1.54) is 6.20 Å². The number of aromatic nitrogens is 1. The highest BCUT2D eigenvalue weighted by Gasteiger charge is 2.32. The SMILES string of the molecule is CC(C)CN(C(=O)COc1ccc(CO)nc1)C1CC1. The molecular formula is C15H22N2O3. The fourth-order valence-corrected chi connectivity index (χ4v) is 2.05. The van der Waals surface area contributed by atoms with E-state index in [0.717, 1.165) is 19.4 Å². The first kappa shape index (κ1) is 14.8. The highest BCUT2D eigenvalue weighted by molar-refractivity contribution is 5.78. The lowest BCUT2D eigenvalue weighted by molar-refractivity contribution is -0.134. The highest BCUT2D eigenvalue weighted by atomic mass is 16.5. The Labute approximate surface area is 119 Å². The molecular weight excluding hydrogens is 256 g/mol. The van der Waals surface area contributed by atoms with Crippen LogP contribution in [0.4, 0.5) is 0 Å². The number of ether oxygens (including phenoxy) is 1. The molecule has 20 heavy (non-hydrogen) atoms. The monoisotopic (exact) mass is 278 g/mol. The van der Waals surface area contributed by atoms with Crippen LogP contribution in [0.5, 0.6) is 5.75 Å². The van der Waals surface area contributed by atoms with Crippen molar-refractivity contribution in [3.05, 3.63) is 24.0 Å². The summed E-state index contributed by atoms with van der Waals surface area (Å²) >= 11 is 0. The van der Waals surface area contributed by atoms with Crippen LogP contribution >= 0.6 is 0 Å². The molecule has 1 aromatic rings. The summed E-state index contributed by atoms with van der Waals surface area (Å²) in [7, 11) is 0. The zero-order chi connectivity index (χ0) is 14.5. The number of hydrogen-bond donors (Lipinski definition) is 1. The smallest absolute Gasteiger partial charge is 0.260 e. The van der Waals surface area contributed by atoms with Crippen LogP contribution in [0.1, 0.15) is 32.4 Å². The van der Waals surface area contributed by atoms with Crippen molar-refractivity contribution in [1.29, 1.82) is 0 Å². The third-order valence-corrected chi connectivity index (χ3v) is 3.19. The summed E-state index contributed by atoms with van der Waals surface area (Å²) in [6.07, 6.45) is 3.74. The summed E-state index contributed by atoms with van der Waals surface area (Å²) in [6, 6.07) is 3.81. The topological polar surface area (TPSA) is 62.7 Å². The molecule has 0 aliphatic heterocycles. The maximum Gasteiger partial charge on any atom is 0.260 e. The third-order valence-electron chi connectivity index (χ3n) is 3.19. The van der Waals surface area contributed by atoms with Crippen LogP contribution in [0.2, 0.25) is 0 Å². The fraction of sp³-hybridized carbons (Fsp3) is 0.600. The Kier molecular flexibility index (Phi) is 4.95. The maximum absolute atomic E-state index is 12.2. The minimum absolute atomic E-state index is 0.0347. The minimum Gasteiger partial charge on any atom is -0.482 e. The number of aliphatic hydroxyl groups excluding tert-OH is 1. The van der Waals surface area contributed by atoms with Gasteiger partial charge >= 0.3 is 0 Å². The van der Waals surface area contributed by atoms with E-state index in [1.807, 2.05) is 4.90 Å². The molecule has 0 spiro atoms. The van der Waals surface area contributed by atoms with Gasteiger partial charge in [0.2, 0.25) is 0 Å². The molecule has 1 amide bonds. The summed E-state index contributed by atoms with van der Waals surface area (Å²) in [4.78, 5) is 18.1. The first-order chi connectivity index (χ1) is 9.60. The molecule has 5 nitrogen and oxygen atoms in total. The van der Waals surface area contributed by atoms with Crippen LogP contribution in [0.3, 0.4) is 0 Å². The van der Waals surface area contributed by atoms with Crippen LogP contribution in [0.25, 0.3) is 0 Å². The number of carbonyl (C=O) groups is 1. The Balaban J connectivity index is 1.86. The van der Waals surface area contributed by atoms with Gasteiger partial charge in [-0.05, 0) is 30.9 Å². The van der Waals surface area contributed by atoms with Gasteiger partial charge in [-0.25, -0.2) is 0 Å². The van der Waals surface area contributed by atoms with E-state index in [9.17, 15) is 4.79 Å². The molecule has 0 saturated heterocycles. The number of carbonyl (C=O) groups excluding carboxylic acids is 1. The van der Waals surface area contributed by atoms with Crippen molar-refractivity contribution in [1.82, 2.24) is 9.88 Å². The van der Waals surface area contributed by atoms with Crippen molar-refractivity contribution in [2.24, 2.45) is 5.92 Å². The Morgan fingerprint density at radius 3 is 2.75 bits per heavy atom. The molecule has 0 radical (unpaired) electrons. The van der Waals surface area contributed by atoms with Crippen LogP contribution in [-0.4, -0.2) is 40.1 Å². The molecule has 0 atom stereocenters. The molecule has 1 aliphatic rings. The van der Waals surface area contributed by atoms with Crippen LogP contribution in [-0.2, 0) is 11.4 Å². The van der Waals surface area contributed by atoms with Gasteiger partial charge in [0, 0.05) is 12.6 Å². The summed E-state index contributed by atoms with van der Waals surface area (Å²) in [5.74, 6) is 1.05. The first-order valence-corrected chi connectivity index (χ1v) is 7.08. The number of amides is 1. The summed E-state index contributed by atoms with van der Waals surface area (Å²) in [5, 5.41) is 8.91. The third kappa shape index (κ3) is 4.20. The number of hydrogen-bond acceptors (Lipinski definition) is 4. The number of rotatable bonds is 7. The Hall–Kier alpha value is -1.62. The van der Waals surface area contributed by atoms with E-state index in [2.05, 4.69) is 18.8 Å². The zero-order valence-corrected chi connectivity index (χ0v) is 12.1. The van der Waals surface area contributed by atoms with E-state index >= 15 is 0 Å². The van der Waals surface area contributed by atoms with E-state index < -0.39 is 0 Å². The van der Waals surface area contributed by atoms with Gasteiger partial charge in [0.1, 0.15) is 5.75 Å². The molecule has 0 bridgehead atoms. The van der Waals surface area contributed by atoms with Crippen LogP contribution < -0.4 is 4.74 Å². The van der Waals surface area contributed by atoms with Crippen LogP contribution in [0, 0.1) is 5.92 Å². The molecule has 5 heteroatoms. The Morgan fingerprint density at radius 1 is 1.50 bits per heavy atom. The van der Waals surface area contributed by atoms with Crippen molar-refractivity contribution < 1.29 is 14.6 Å². The van der Waals surface area contributed by atoms with Crippen molar-refractivity contribution in [2.75, 3.05) is 13.2 Å². The Morgan fingerprint density at radius 2 is 2.25 bits per heavy atom. The van der Waals surface area contributed by atoms with E-state index in [1.54, 1.807) is 12.1 Å². The molecule has 0 unspecified atom stereocenters. The van der Waals surface area contributed by atoms with Crippen molar-refractivity contribution in [3.8, 4) is 5.75 Å². The van der Waals surface area contributed by atoms with E-state index in [4.69, 9.17) is 9.84 Å². The second kappa shape index (κ2) is 6.70. The quantitative estimate of drug-likeness (QED) is 0.823. The van der Waals surface area contributed by atoms with E-state index in [0.29, 0.717) is 23.4 Å². The maximum atomic E-state index is 12.2. The molecule has 0 aromatic carbocycles. The van der Waals surface area contributed by atoms with Gasteiger partial charge in [0.15, 0.2) is 6.61 Å².